The molecule has 0 saturated heterocycles. The van der Waals surface area contributed by atoms with Crippen molar-refractivity contribution in [3.05, 3.63) is 41.1 Å². The van der Waals surface area contributed by atoms with Gasteiger partial charge in [-0.2, -0.15) is 13.2 Å². The maximum absolute atomic E-state index is 13.5. The van der Waals surface area contributed by atoms with E-state index >= 15 is 0 Å². The van der Waals surface area contributed by atoms with E-state index in [2.05, 4.69) is 28.9 Å². The first-order valence-corrected chi connectivity index (χ1v) is 9.89. The Morgan fingerprint density at radius 2 is 2.04 bits per heavy atom. The number of halogens is 3. The van der Waals surface area contributed by atoms with Gasteiger partial charge >= 0.3 is 6.18 Å². The SMILES string of the molecule is CC(C)CNSCNC(=O)c1ccc2cc(C3CC3)cc(C(F)(F)F)c2n1. The van der Waals surface area contributed by atoms with Crippen LogP contribution < -0.4 is 10.0 Å². The van der Waals surface area contributed by atoms with E-state index in [1.165, 1.54) is 24.1 Å². The smallest absolute Gasteiger partial charge is 0.340 e. The monoisotopic (exact) mass is 397 g/mol. The number of fused-ring (bicyclic) bond motifs is 1. The van der Waals surface area contributed by atoms with Gasteiger partial charge in [-0.1, -0.05) is 31.9 Å². The average Bonchev–Trinajstić information content (AvgIpc) is 3.43. The Kier molecular flexibility index (Phi) is 5.95. The number of hydrogen-bond acceptors (Lipinski definition) is 4. The van der Waals surface area contributed by atoms with E-state index in [0.717, 1.165) is 19.4 Å². The summed E-state index contributed by atoms with van der Waals surface area (Å²) in [5, 5.41) is 3.07. The first-order chi connectivity index (χ1) is 12.8. The highest BCUT2D eigenvalue weighted by molar-refractivity contribution is 7.97. The summed E-state index contributed by atoms with van der Waals surface area (Å²) in [5.74, 6) is 0.499. The number of nitrogens with zero attached hydrogens (tertiary/aromatic N) is 1. The second-order valence-corrected chi connectivity index (χ2v) is 8.01. The number of carbonyl (C=O) groups is 1. The van der Waals surface area contributed by atoms with Crippen molar-refractivity contribution in [1.29, 1.82) is 0 Å². The minimum Gasteiger partial charge on any atom is -0.340 e. The van der Waals surface area contributed by atoms with Gasteiger partial charge in [0.05, 0.1) is 17.0 Å². The van der Waals surface area contributed by atoms with Crippen molar-refractivity contribution in [3.8, 4) is 0 Å². The van der Waals surface area contributed by atoms with Gasteiger partial charge in [0.2, 0.25) is 0 Å². The molecule has 0 bridgehead atoms. The van der Waals surface area contributed by atoms with Gasteiger partial charge in [-0.05, 0) is 48.4 Å². The maximum atomic E-state index is 13.5. The molecule has 1 saturated carbocycles. The summed E-state index contributed by atoms with van der Waals surface area (Å²) in [4.78, 5) is 16.3. The molecule has 1 aliphatic carbocycles. The molecule has 2 aromatic rings. The van der Waals surface area contributed by atoms with Crippen molar-refractivity contribution in [2.24, 2.45) is 5.92 Å². The molecule has 8 heteroatoms. The Balaban J connectivity index is 1.79. The van der Waals surface area contributed by atoms with E-state index in [9.17, 15) is 18.0 Å². The van der Waals surface area contributed by atoms with Crippen LogP contribution >= 0.6 is 11.9 Å². The van der Waals surface area contributed by atoms with Crippen molar-refractivity contribution >= 4 is 28.8 Å². The third kappa shape index (κ3) is 5.13. The van der Waals surface area contributed by atoms with Crippen LogP contribution in [0.25, 0.3) is 10.9 Å². The predicted molar refractivity (Wildman–Crippen MR) is 101 cm³/mol. The van der Waals surface area contributed by atoms with Crippen LogP contribution in [-0.4, -0.2) is 23.3 Å². The predicted octanol–water partition coefficient (Wildman–Crippen LogP) is 4.71. The van der Waals surface area contributed by atoms with Crippen molar-refractivity contribution < 1.29 is 18.0 Å². The van der Waals surface area contributed by atoms with E-state index in [0.29, 0.717) is 22.7 Å². The van der Waals surface area contributed by atoms with Crippen LogP contribution in [0.1, 0.15) is 54.2 Å². The zero-order chi connectivity index (χ0) is 19.6. The third-order valence-corrected chi connectivity index (χ3v) is 4.96. The molecule has 3 rings (SSSR count). The summed E-state index contributed by atoms with van der Waals surface area (Å²) in [5.41, 5.74) is -0.271. The van der Waals surface area contributed by atoms with Gasteiger partial charge in [-0.25, -0.2) is 4.98 Å². The van der Waals surface area contributed by atoms with Crippen LogP contribution in [0.3, 0.4) is 0 Å². The fraction of sp³-hybridized carbons (Fsp3) is 0.474. The molecule has 0 radical (unpaired) electrons. The normalized spacial score (nSPS) is 14.7. The minimum atomic E-state index is -4.51. The number of carbonyl (C=O) groups excluding carboxylic acids is 1. The number of alkyl halides is 3. The topological polar surface area (TPSA) is 54.0 Å². The van der Waals surface area contributed by atoms with E-state index in [1.807, 2.05) is 0 Å². The third-order valence-electron chi connectivity index (χ3n) is 4.30. The number of aromatic nitrogens is 1. The lowest BCUT2D eigenvalue weighted by atomic mass is 10.0. The Morgan fingerprint density at radius 3 is 2.67 bits per heavy atom. The molecule has 146 valence electrons. The molecule has 0 unspecified atom stereocenters. The van der Waals surface area contributed by atoms with Crippen LogP contribution in [0.5, 0.6) is 0 Å². The summed E-state index contributed by atoms with van der Waals surface area (Å²) in [7, 11) is 0. The molecular weight excluding hydrogens is 375 g/mol. The molecule has 1 aromatic carbocycles. The van der Waals surface area contributed by atoms with Gasteiger partial charge in [0, 0.05) is 11.9 Å². The Bertz CT molecular complexity index is 835. The largest absolute Gasteiger partial charge is 0.418 e. The van der Waals surface area contributed by atoms with Crippen molar-refractivity contribution in [3.63, 3.8) is 0 Å². The number of rotatable bonds is 7. The summed E-state index contributed by atoms with van der Waals surface area (Å²) in [6, 6.07) is 5.95. The van der Waals surface area contributed by atoms with Gasteiger partial charge in [-0.3, -0.25) is 9.52 Å². The summed E-state index contributed by atoms with van der Waals surface area (Å²) < 4.78 is 43.7. The van der Waals surface area contributed by atoms with Gasteiger partial charge in [-0.15, -0.1) is 0 Å². The molecule has 1 fully saturated rings. The summed E-state index contributed by atoms with van der Waals surface area (Å²) >= 11 is 1.34. The van der Waals surface area contributed by atoms with Gasteiger partial charge < -0.3 is 5.32 Å². The maximum Gasteiger partial charge on any atom is 0.418 e. The zero-order valence-electron chi connectivity index (χ0n) is 15.2. The van der Waals surface area contributed by atoms with Gasteiger partial charge in [0.1, 0.15) is 5.69 Å². The minimum absolute atomic E-state index is 0.0170. The van der Waals surface area contributed by atoms with Crippen LogP contribution in [0.4, 0.5) is 13.2 Å². The van der Waals surface area contributed by atoms with Crippen molar-refractivity contribution in [2.45, 2.75) is 38.8 Å². The molecular formula is C19H22F3N3OS. The molecule has 1 heterocycles. The lowest BCUT2D eigenvalue weighted by Gasteiger charge is -2.13. The number of hydrogen-bond donors (Lipinski definition) is 2. The molecule has 0 aliphatic heterocycles. The summed E-state index contributed by atoms with van der Waals surface area (Å²) in [6.07, 6.45) is -2.68. The average molecular weight is 397 g/mol. The van der Waals surface area contributed by atoms with Crippen LogP contribution in [0.15, 0.2) is 24.3 Å². The van der Waals surface area contributed by atoms with E-state index in [-0.39, 0.29) is 17.1 Å². The van der Waals surface area contributed by atoms with Crippen molar-refractivity contribution in [1.82, 2.24) is 15.0 Å². The molecule has 4 nitrogen and oxygen atoms in total. The van der Waals surface area contributed by atoms with Crippen LogP contribution in [0.2, 0.25) is 0 Å². The summed E-state index contributed by atoms with van der Waals surface area (Å²) in [6.45, 7) is 4.93. The van der Waals surface area contributed by atoms with E-state index in [1.54, 1.807) is 12.1 Å². The lowest BCUT2D eigenvalue weighted by molar-refractivity contribution is -0.136. The molecule has 0 spiro atoms. The van der Waals surface area contributed by atoms with Crippen molar-refractivity contribution in [2.75, 3.05) is 12.4 Å². The molecule has 2 N–H and O–H groups in total. The fourth-order valence-electron chi connectivity index (χ4n) is 2.72. The van der Waals surface area contributed by atoms with E-state index in [4.69, 9.17) is 0 Å². The van der Waals surface area contributed by atoms with Gasteiger partial charge in [0.25, 0.3) is 5.91 Å². The van der Waals surface area contributed by atoms with Gasteiger partial charge in [0.15, 0.2) is 0 Å². The highest BCUT2D eigenvalue weighted by Crippen LogP contribution is 2.44. The zero-order valence-corrected chi connectivity index (χ0v) is 16.0. The Hall–Kier alpha value is -1.80. The number of nitrogens with one attached hydrogen (secondary N) is 2. The number of amides is 1. The van der Waals surface area contributed by atoms with Crippen LogP contribution in [0, 0.1) is 5.92 Å². The Morgan fingerprint density at radius 1 is 1.30 bits per heavy atom. The quantitative estimate of drug-likeness (QED) is 0.404. The molecule has 1 amide bonds. The highest BCUT2D eigenvalue weighted by Gasteiger charge is 2.36. The second kappa shape index (κ2) is 8.06. The lowest BCUT2D eigenvalue weighted by Crippen LogP contribution is -2.26. The molecule has 1 aliphatic rings. The number of pyridine rings is 1. The first kappa shape index (κ1) is 19.9. The van der Waals surface area contributed by atoms with E-state index < -0.39 is 17.6 Å². The fourth-order valence-corrected chi connectivity index (χ4v) is 3.48. The molecule has 27 heavy (non-hydrogen) atoms. The Labute approximate surface area is 160 Å². The standard InChI is InChI=1S/C19H22F3N3OS/c1-11(2)9-24-27-10-23-18(26)16-6-5-13-7-14(12-3-4-12)8-15(17(13)25-16)19(20,21)22/h5-8,11-12,24H,3-4,9-10H2,1-2H3,(H,23,26). The molecule has 1 aromatic heterocycles. The molecule has 0 atom stereocenters. The van der Waals surface area contributed by atoms with Crippen LogP contribution in [-0.2, 0) is 6.18 Å². The first-order valence-electron chi connectivity index (χ1n) is 8.90. The highest BCUT2D eigenvalue weighted by atomic mass is 32.2. The second-order valence-electron chi connectivity index (χ2n) is 7.15. The number of benzene rings is 1.